The van der Waals surface area contributed by atoms with E-state index in [0.717, 1.165) is 0 Å². The average Bonchev–Trinajstić information content (AvgIpc) is 2.71. The minimum atomic E-state index is -0.971. The van der Waals surface area contributed by atoms with Gasteiger partial charge in [0.05, 0.1) is 12.5 Å². The van der Waals surface area contributed by atoms with Crippen LogP contribution in [-0.2, 0) is 16.1 Å². The highest BCUT2D eigenvalue weighted by Gasteiger charge is 2.28. The Bertz CT molecular complexity index is 441. The first-order chi connectivity index (χ1) is 8.32. The van der Waals surface area contributed by atoms with E-state index in [-0.39, 0.29) is 5.91 Å². The number of aliphatic carboxylic acids is 1. The first-order valence-electron chi connectivity index (χ1n) is 5.73. The van der Waals surface area contributed by atoms with Crippen molar-refractivity contribution in [3.05, 3.63) is 17.5 Å². The van der Waals surface area contributed by atoms with Crippen molar-refractivity contribution in [3.8, 4) is 0 Å². The van der Waals surface area contributed by atoms with Gasteiger partial charge in [-0.05, 0) is 6.92 Å². The summed E-state index contributed by atoms with van der Waals surface area (Å²) in [7, 11) is 1.62. The summed E-state index contributed by atoms with van der Waals surface area (Å²) in [4.78, 5) is 24.3. The molecule has 6 heteroatoms. The van der Waals surface area contributed by atoms with E-state index < -0.39 is 17.8 Å². The lowest BCUT2D eigenvalue weighted by molar-refractivity contribution is -0.148. The predicted molar refractivity (Wildman–Crippen MR) is 63.7 cm³/mol. The number of aryl methyl sites for hydroxylation is 1. The van der Waals surface area contributed by atoms with Crippen molar-refractivity contribution in [1.82, 2.24) is 10.1 Å². The Morgan fingerprint density at radius 2 is 2.06 bits per heavy atom. The molecular formula is C12H18N2O4. The number of carbonyl (C=O) groups excluding carboxylic acids is 1. The maximum atomic E-state index is 12.0. The summed E-state index contributed by atoms with van der Waals surface area (Å²) in [5.41, 5.74) is 0.651. The second-order valence-electron chi connectivity index (χ2n) is 4.54. The highest BCUT2D eigenvalue weighted by Crippen LogP contribution is 2.15. The highest BCUT2D eigenvalue weighted by molar-refractivity contribution is 5.84. The summed E-state index contributed by atoms with van der Waals surface area (Å²) in [5, 5.41) is 12.7. The zero-order valence-electron chi connectivity index (χ0n) is 11.0. The third kappa shape index (κ3) is 3.32. The van der Waals surface area contributed by atoms with E-state index in [9.17, 15) is 9.59 Å². The maximum Gasteiger partial charge on any atom is 0.307 e. The van der Waals surface area contributed by atoms with E-state index >= 15 is 0 Å². The molecule has 2 atom stereocenters. The summed E-state index contributed by atoms with van der Waals surface area (Å²) < 4.78 is 4.91. The molecule has 1 N–H and O–H groups in total. The van der Waals surface area contributed by atoms with Gasteiger partial charge in [0.2, 0.25) is 5.91 Å². The number of aromatic nitrogens is 1. The molecule has 0 spiro atoms. The van der Waals surface area contributed by atoms with Crippen LogP contribution in [0.15, 0.2) is 10.6 Å². The Morgan fingerprint density at radius 3 is 2.50 bits per heavy atom. The number of carbonyl (C=O) groups is 2. The largest absolute Gasteiger partial charge is 0.481 e. The monoisotopic (exact) mass is 254 g/mol. The highest BCUT2D eigenvalue weighted by atomic mass is 16.5. The van der Waals surface area contributed by atoms with Crippen LogP contribution in [0.25, 0.3) is 0 Å². The van der Waals surface area contributed by atoms with Gasteiger partial charge in [-0.15, -0.1) is 0 Å². The molecule has 1 amide bonds. The van der Waals surface area contributed by atoms with Crippen LogP contribution >= 0.6 is 0 Å². The molecule has 0 aliphatic heterocycles. The standard InChI is InChI=1S/C12H18N2O4/c1-7-5-10(13-18-7)6-14(4)11(15)8(2)9(3)12(16)17/h5,8-9H,6H2,1-4H3,(H,16,17). The second kappa shape index (κ2) is 5.66. The van der Waals surface area contributed by atoms with Gasteiger partial charge in [-0.1, -0.05) is 19.0 Å². The summed E-state index contributed by atoms with van der Waals surface area (Å²) >= 11 is 0. The zero-order chi connectivity index (χ0) is 13.9. The Hall–Kier alpha value is -1.85. The van der Waals surface area contributed by atoms with Gasteiger partial charge >= 0.3 is 5.97 Å². The van der Waals surface area contributed by atoms with Crippen LogP contribution in [0.4, 0.5) is 0 Å². The van der Waals surface area contributed by atoms with Crippen LogP contribution in [0.1, 0.15) is 25.3 Å². The van der Waals surface area contributed by atoms with Gasteiger partial charge in [-0.2, -0.15) is 0 Å². The maximum absolute atomic E-state index is 12.0. The number of carboxylic acid groups (broad SMARTS) is 1. The van der Waals surface area contributed by atoms with Gasteiger partial charge in [-0.25, -0.2) is 0 Å². The molecule has 100 valence electrons. The van der Waals surface area contributed by atoms with Gasteiger partial charge in [-0.3, -0.25) is 9.59 Å². The molecule has 0 saturated heterocycles. The van der Waals surface area contributed by atoms with Crippen LogP contribution in [0, 0.1) is 18.8 Å². The minimum Gasteiger partial charge on any atom is -0.481 e. The zero-order valence-corrected chi connectivity index (χ0v) is 11.0. The molecule has 18 heavy (non-hydrogen) atoms. The van der Waals surface area contributed by atoms with E-state index in [1.54, 1.807) is 27.0 Å². The van der Waals surface area contributed by atoms with Gasteiger partial charge in [0.15, 0.2) is 0 Å². The third-order valence-electron chi connectivity index (χ3n) is 2.98. The fraction of sp³-hybridized carbons (Fsp3) is 0.583. The molecule has 0 aliphatic carbocycles. The molecule has 1 aromatic rings. The van der Waals surface area contributed by atoms with Crippen LogP contribution in [0.3, 0.4) is 0 Å². The molecule has 1 rings (SSSR count). The normalized spacial score (nSPS) is 14.0. The lowest BCUT2D eigenvalue weighted by atomic mass is 9.95. The van der Waals surface area contributed by atoms with Crippen molar-refractivity contribution in [2.75, 3.05) is 7.05 Å². The molecule has 0 bridgehead atoms. The van der Waals surface area contributed by atoms with Gasteiger partial charge in [0.25, 0.3) is 0 Å². The molecule has 1 aromatic heterocycles. The first kappa shape index (κ1) is 14.2. The van der Waals surface area contributed by atoms with E-state index in [2.05, 4.69) is 5.16 Å². The van der Waals surface area contributed by atoms with E-state index in [0.29, 0.717) is 18.0 Å². The Morgan fingerprint density at radius 1 is 1.44 bits per heavy atom. The van der Waals surface area contributed by atoms with Crippen LogP contribution in [-0.4, -0.2) is 34.1 Å². The van der Waals surface area contributed by atoms with E-state index in [4.69, 9.17) is 9.63 Å². The molecule has 1 heterocycles. The van der Waals surface area contributed by atoms with E-state index in [1.807, 2.05) is 0 Å². The van der Waals surface area contributed by atoms with Crippen LogP contribution in [0.2, 0.25) is 0 Å². The number of nitrogens with zero attached hydrogens (tertiary/aromatic N) is 2. The fourth-order valence-corrected chi connectivity index (χ4v) is 1.59. The number of rotatable bonds is 5. The topological polar surface area (TPSA) is 83.6 Å². The van der Waals surface area contributed by atoms with Gasteiger partial charge in [0, 0.05) is 19.0 Å². The van der Waals surface area contributed by atoms with Gasteiger partial charge in [0.1, 0.15) is 11.5 Å². The average molecular weight is 254 g/mol. The molecule has 0 aromatic carbocycles. The minimum absolute atomic E-state index is 0.217. The Balaban J connectivity index is 2.63. The summed E-state index contributed by atoms with van der Waals surface area (Å²) in [6, 6.07) is 1.75. The molecule has 0 radical (unpaired) electrons. The Kier molecular flexibility index (Phi) is 4.47. The summed E-state index contributed by atoms with van der Waals surface area (Å²) in [5.74, 6) is -1.79. The number of amides is 1. The van der Waals surface area contributed by atoms with Crippen molar-refractivity contribution in [2.45, 2.75) is 27.3 Å². The SMILES string of the molecule is Cc1cc(CN(C)C(=O)C(C)C(C)C(=O)O)no1. The lowest BCUT2D eigenvalue weighted by Gasteiger charge is -2.22. The van der Waals surface area contributed by atoms with Crippen molar-refractivity contribution in [1.29, 1.82) is 0 Å². The first-order valence-corrected chi connectivity index (χ1v) is 5.73. The van der Waals surface area contributed by atoms with Gasteiger partial charge < -0.3 is 14.5 Å². The van der Waals surface area contributed by atoms with E-state index in [1.165, 1.54) is 11.8 Å². The van der Waals surface area contributed by atoms with Crippen LogP contribution < -0.4 is 0 Å². The fourth-order valence-electron chi connectivity index (χ4n) is 1.59. The lowest BCUT2D eigenvalue weighted by Crippen LogP contribution is -2.36. The quantitative estimate of drug-likeness (QED) is 0.856. The molecule has 2 unspecified atom stereocenters. The molecule has 6 nitrogen and oxygen atoms in total. The number of hydrogen-bond acceptors (Lipinski definition) is 4. The number of carboxylic acids is 1. The molecule has 0 aliphatic rings. The smallest absolute Gasteiger partial charge is 0.307 e. The van der Waals surface area contributed by atoms with Crippen molar-refractivity contribution in [2.24, 2.45) is 11.8 Å². The van der Waals surface area contributed by atoms with Crippen LogP contribution in [0.5, 0.6) is 0 Å². The van der Waals surface area contributed by atoms with Crippen molar-refractivity contribution >= 4 is 11.9 Å². The second-order valence-corrected chi connectivity index (χ2v) is 4.54. The van der Waals surface area contributed by atoms with Crippen molar-refractivity contribution in [3.63, 3.8) is 0 Å². The Labute approximate surface area is 106 Å². The molecular weight excluding hydrogens is 236 g/mol. The number of hydrogen-bond donors (Lipinski definition) is 1. The molecule has 0 saturated carbocycles. The summed E-state index contributed by atoms with van der Waals surface area (Å²) in [6.07, 6.45) is 0. The third-order valence-corrected chi connectivity index (χ3v) is 2.98. The summed E-state index contributed by atoms with van der Waals surface area (Å²) in [6.45, 7) is 5.23. The molecule has 0 fully saturated rings. The predicted octanol–water partition coefficient (Wildman–Crippen LogP) is 1.30. The van der Waals surface area contributed by atoms with Crippen molar-refractivity contribution < 1.29 is 19.2 Å².